The van der Waals surface area contributed by atoms with E-state index in [-0.39, 0.29) is 34.9 Å². The van der Waals surface area contributed by atoms with Crippen molar-refractivity contribution in [3.8, 4) is 5.75 Å². The minimum Gasteiger partial charge on any atom is -0.508 e. The standard InChI is InChI=1S/C29H23N3O5S2/c1-16-7-11-19(12-8-16)32-26(35)23-22(17-9-13-20(33)14-10-17)25-28(38-24(23)27(32)36)31(29(37)39-25)15-21(34)30-18-5-3-2-4-6-18/h2-14,22-24,33H,15H2,1H3,(H,30,34)/t22-,23+,24-/m0/s1. The van der Waals surface area contributed by atoms with Gasteiger partial charge in [-0.25, -0.2) is 4.90 Å². The van der Waals surface area contributed by atoms with Crippen LogP contribution >= 0.6 is 23.1 Å². The minimum absolute atomic E-state index is 0.0687. The number of hydrogen-bond donors (Lipinski definition) is 2. The molecule has 39 heavy (non-hydrogen) atoms. The molecule has 1 fully saturated rings. The molecule has 8 nitrogen and oxygen atoms in total. The Morgan fingerprint density at radius 1 is 0.923 bits per heavy atom. The van der Waals surface area contributed by atoms with Crippen molar-refractivity contribution in [1.82, 2.24) is 4.57 Å². The summed E-state index contributed by atoms with van der Waals surface area (Å²) in [5, 5.41) is 12.4. The predicted molar refractivity (Wildman–Crippen MR) is 150 cm³/mol. The lowest BCUT2D eigenvalue weighted by molar-refractivity contribution is -0.122. The Bertz CT molecular complexity index is 1650. The second-order valence-electron chi connectivity index (χ2n) is 9.52. The first-order chi connectivity index (χ1) is 18.8. The number of carbonyl (C=O) groups is 3. The van der Waals surface area contributed by atoms with Gasteiger partial charge in [-0.3, -0.25) is 23.7 Å². The Morgan fingerprint density at radius 2 is 1.62 bits per heavy atom. The molecule has 10 heteroatoms. The second kappa shape index (κ2) is 9.87. The number of nitrogens with zero attached hydrogens (tertiary/aromatic N) is 2. The van der Waals surface area contributed by atoms with Crippen molar-refractivity contribution in [3.63, 3.8) is 0 Å². The molecule has 3 heterocycles. The molecule has 3 amide bonds. The van der Waals surface area contributed by atoms with Gasteiger partial charge in [-0.05, 0) is 48.9 Å². The second-order valence-corrected chi connectivity index (χ2v) is 11.6. The molecule has 196 valence electrons. The molecule has 3 atom stereocenters. The number of hydrogen-bond acceptors (Lipinski definition) is 7. The molecule has 2 aliphatic heterocycles. The fourth-order valence-electron chi connectivity index (χ4n) is 5.11. The summed E-state index contributed by atoms with van der Waals surface area (Å²) in [6.45, 7) is 1.70. The third-order valence-electron chi connectivity index (χ3n) is 6.95. The quantitative estimate of drug-likeness (QED) is 0.353. The number of carbonyl (C=O) groups excluding carboxylic acids is 3. The van der Waals surface area contributed by atoms with E-state index < -0.39 is 17.1 Å². The number of benzene rings is 3. The van der Waals surface area contributed by atoms with Gasteiger partial charge in [0.2, 0.25) is 17.7 Å². The lowest BCUT2D eigenvalue weighted by Crippen LogP contribution is -2.33. The highest BCUT2D eigenvalue weighted by Gasteiger charge is 2.56. The van der Waals surface area contributed by atoms with Crippen LogP contribution in [-0.2, 0) is 20.9 Å². The van der Waals surface area contributed by atoms with Crippen LogP contribution in [-0.4, -0.2) is 32.6 Å². The van der Waals surface area contributed by atoms with Crippen molar-refractivity contribution in [2.24, 2.45) is 5.92 Å². The Hall–Kier alpha value is -4.15. The summed E-state index contributed by atoms with van der Waals surface area (Å²) in [5.41, 5.74) is 2.82. The van der Waals surface area contributed by atoms with Crippen molar-refractivity contribution in [2.45, 2.75) is 29.7 Å². The van der Waals surface area contributed by atoms with Gasteiger partial charge in [0.15, 0.2) is 0 Å². The van der Waals surface area contributed by atoms with E-state index >= 15 is 0 Å². The van der Waals surface area contributed by atoms with Crippen LogP contribution in [0.3, 0.4) is 0 Å². The number of fused-ring (bicyclic) bond motifs is 2. The first-order valence-electron chi connectivity index (χ1n) is 12.3. The number of imide groups is 1. The smallest absolute Gasteiger partial charge is 0.308 e. The average Bonchev–Trinajstić information content (AvgIpc) is 3.36. The maximum Gasteiger partial charge on any atom is 0.308 e. The van der Waals surface area contributed by atoms with Gasteiger partial charge >= 0.3 is 4.87 Å². The SMILES string of the molecule is Cc1ccc(N2C(=O)[C@@H]3[C@H](c4ccc(O)cc4)c4sc(=O)n(CC(=O)Nc5ccccc5)c4S[C@@H]3C2=O)cc1. The number of phenols is 1. The zero-order valence-corrected chi connectivity index (χ0v) is 22.4. The number of rotatable bonds is 5. The molecular formula is C29H23N3O5S2. The van der Waals surface area contributed by atoms with Gasteiger partial charge in [-0.15, -0.1) is 0 Å². The van der Waals surface area contributed by atoms with Gasteiger partial charge in [0.05, 0.1) is 16.6 Å². The molecule has 0 aliphatic carbocycles. The normalized spacial score (nSPS) is 20.0. The number of thioether (sulfide) groups is 1. The number of anilines is 2. The molecule has 1 aromatic heterocycles. The van der Waals surface area contributed by atoms with E-state index in [1.807, 2.05) is 25.1 Å². The highest BCUT2D eigenvalue weighted by molar-refractivity contribution is 8.00. The maximum atomic E-state index is 13.9. The number of aryl methyl sites for hydroxylation is 1. The topological polar surface area (TPSA) is 109 Å². The van der Waals surface area contributed by atoms with Crippen LogP contribution in [0.25, 0.3) is 0 Å². The first kappa shape index (κ1) is 25.1. The van der Waals surface area contributed by atoms with E-state index in [0.29, 0.717) is 26.8 Å². The molecule has 2 N–H and O–H groups in total. The minimum atomic E-state index is -0.775. The molecule has 0 bridgehead atoms. The van der Waals surface area contributed by atoms with Crippen molar-refractivity contribution >= 4 is 52.2 Å². The van der Waals surface area contributed by atoms with Crippen LogP contribution in [0.1, 0.15) is 21.9 Å². The van der Waals surface area contributed by atoms with Crippen LogP contribution in [0, 0.1) is 12.8 Å². The number of nitrogens with one attached hydrogen (secondary N) is 1. The van der Waals surface area contributed by atoms with Gasteiger partial charge in [0.1, 0.15) is 17.5 Å². The zero-order chi connectivity index (χ0) is 27.3. The van der Waals surface area contributed by atoms with E-state index in [1.165, 1.54) is 33.4 Å². The van der Waals surface area contributed by atoms with Crippen LogP contribution in [0.2, 0.25) is 0 Å². The van der Waals surface area contributed by atoms with E-state index in [4.69, 9.17) is 0 Å². The average molecular weight is 558 g/mol. The van der Waals surface area contributed by atoms with E-state index in [0.717, 1.165) is 16.9 Å². The summed E-state index contributed by atoms with van der Waals surface area (Å²) < 4.78 is 1.39. The first-order valence-corrected chi connectivity index (χ1v) is 14.0. The van der Waals surface area contributed by atoms with Crippen LogP contribution in [0.15, 0.2) is 88.7 Å². The molecule has 2 aliphatic rings. The number of amides is 3. The number of aromatic hydroxyl groups is 1. The molecule has 6 rings (SSSR count). The third-order valence-corrected chi connectivity index (χ3v) is 9.56. The molecule has 0 spiro atoms. The third kappa shape index (κ3) is 4.45. The van der Waals surface area contributed by atoms with E-state index in [2.05, 4.69) is 5.32 Å². The highest BCUT2D eigenvalue weighted by atomic mass is 32.2. The van der Waals surface area contributed by atoms with Gasteiger partial charge in [0, 0.05) is 16.5 Å². The predicted octanol–water partition coefficient (Wildman–Crippen LogP) is 4.36. The lowest BCUT2D eigenvalue weighted by Gasteiger charge is -2.30. The van der Waals surface area contributed by atoms with Crippen LogP contribution in [0.4, 0.5) is 11.4 Å². The van der Waals surface area contributed by atoms with Crippen molar-refractivity contribution < 1.29 is 19.5 Å². The number of aromatic nitrogens is 1. The van der Waals surface area contributed by atoms with Gasteiger partial charge < -0.3 is 10.4 Å². The molecule has 3 aromatic carbocycles. The molecule has 0 radical (unpaired) electrons. The molecule has 4 aromatic rings. The summed E-state index contributed by atoms with van der Waals surface area (Å²) >= 11 is 2.16. The molecule has 0 unspecified atom stereocenters. The van der Waals surface area contributed by atoms with Gasteiger partial charge in [-0.1, -0.05) is 71.1 Å². The Morgan fingerprint density at radius 3 is 2.31 bits per heavy atom. The molecule has 0 saturated carbocycles. The summed E-state index contributed by atoms with van der Waals surface area (Å²) in [4.78, 5) is 55.2. The number of para-hydroxylation sites is 1. The number of phenolic OH excluding ortho intramolecular Hbond substituents is 1. The van der Waals surface area contributed by atoms with Crippen LogP contribution < -0.4 is 15.1 Å². The maximum absolute atomic E-state index is 13.9. The van der Waals surface area contributed by atoms with Crippen LogP contribution in [0.5, 0.6) is 5.75 Å². The Labute approximate surface area is 231 Å². The lowest BCUT2D eigenvalue weighted by atomic mass is 9.83. The zero-order valence-electron chi connectivity index (χ0n) is 20.7. The summed E-state index contributed by atoms with van der Waals surface area (Å²) in [5.74, 6) is -2.33. The van der Waals surface area contributed by atoms with E-state index in [1.54, 1.807) is 48.5 Å². The molecule has 1 saturated heterocycles. The summed E-state index contributed by atoms with van der Waals surface area (Å²) in [7, 11) is 0. The highest BCUT2D eigenvalue weighted by Crippen LogP contribution is 2.54. The summed E-state index contributed by atoms with van der Waals surface area (Å²) in [6, 6.07) is 22.6. The van der Waals surface area contributed by atoms with Gasteiger partial charge in [-0.2, -0.15) is 0 Å². The largest absolute Gasteiger partial charge is 0.508 e. The monoisotopic (exact) mass is 557 g/mol. The Balaban J connectivity index is 1.42. The fourth-order valence-corrected chi connectivity index (χ4v) is 7.88. The van der Waals surface area contributed by atoms with Gasteiger partial charge in [0.25, 0.3) is 0 Å². The fraction of sp³-hybridized carbons (Fsp3) is 0.172. The molecular weight excluding hydrogens is 534 g/mol. The van der Waals surface area contributed by atoms with E-state index in [9.17, 15) is 24.3 Å². The number of thiazole rings is 1. The van der Waals surface area contributed by atoms with Crippen molar-refractivity contribution in [1.29, 1.82) is 0 Å². The van der Waals surface area contributed by atoms with Crippen molar-refractivity contribution in [2.75, 3.05) is 10.2 Å². The van der Waals surface area contributed by atoms with Crippen molar-refractivity contribution in [3.05, 3.63) is 105 Å². The Kier molecular flexibility index (Phi) is 6.36. The summed E-state index contributed by atoms with van der Waals surface area (Å²) in [6.07, 6.45) is 0.